The Morgan fingerprint density at radius 3 is 2.30 bits per heavy atom. The molecule has 0 radical (unpaired) electrons. The van der Waals surface area contributed by atoms with Crippen LogP contribution in [-0.2, 0) is 15.0 Å². The summed E-state index contributed by atoms with van der Waals surface area (Å²) in [5.41, 5.74) is 0. The number of hydrogen-bond acceptors (Lipinski definition) is 4. The summed E-state index contributed by atoms with van der Waals surface area (Å²) in [7, 11) is -3.46. The molecule has 0 saturated carbocycles. The summed E-state index contributed by atoms with van der Waals surface area (Å²) >= 11 is 0. The van der Waals surface area contributed by atoms with Crippen molar-refractivity contribution in [1.82, 2.24) is 13.9 Å². The molecule has 2 heterocycles. The van der Waals surface area contributed by atoms with E-state index in [-0.39, 0.29) is 13.1 Å². The van der Waals surface area contributed by atoms with Crippen LogP contribution in [0.4, 0.5) is 0 Å². The van der Waals surface area contributed by atoms with Crippen LogP contribution in [0.15, 0.2) is 0 Å². The van der Waals surface area contributed by atoms with Crippen LogP contribution < -0.4 is 4.72 Å². The molecule has 0 unspecified atom stereocenters. The van der Waals surface area contributed by atoms with E-state index >= 15 is 0 Å². The van der Waals surface area contributed by atoms with Gasteiger partial charge >= 0.3 is 5.97 Å². The standard InChI is InChI=1S/C12H23N3O4S/c16-12(17)11-3-8-15(9-4-11)20(18,19)13-5-10-14-6-1-2-7-14/h11,13H,1-10H2,(H,16,17). The number of carbonyl (C=O) groups is 1. The first-order valence-corrected chi connectivity index (χ1v) is 8.63. The molecule has 2 N–H and O–H groups in total. The van der Waals surface area contributed by atoms with Crippen molar-refractivity contribution < 1.29 is 18.3 Å². The van der Waals surface area contributed by atoms with E-state index < -0.39 is 22.1 Å². The number of carboxylic acid groups (broad SMARTS) is 1. The van der Waals surface area contributed by atoms with Crippen molar-refractivity contribution in [2.24, 2.45) is 5.92 Å². The van der Waals surface area contributed by atoms with Gasteiger partial charge in [0.2, 0.25) is 0 Å². The molecule has 0 aromatic carbocycles. The average molecular weight is 305 g/mol. The monoisotopic (exact) mass is 305 g/mol. The van der Waals surface area contributed by atoms with Gasteiger partial charge in [-0.15, -0.1) is 0 Å². The van der Waals surface area contributed by atoms with Gasteiger partial charge in [0.25, 0.3) is 10.2 Å². The first-order valence-electron chi connectivity index (χ1n) is 7.19. The molecule has 0 spiro atoms. The summed E-state index contributed by atoms with van der Waals surface area (Å²) in [4.78, 5) is 13.1. The SMILES string of the molecule is O=C(O)C1CCN(S(=O)(=O)NCCN2CCCC2)CC1. The first kappa shape index (κ1) is 15.7. The quantitative estimate of drug-likeness (QED) is 0.704. The Morgan fingerprint density at radius 2 is 1.75 bits per heavy atom. The fourth-order valence-corrected chi connectivity index (χ4v) is 4.00. The van der Waals surface area contributed by atoms with E-state index in [4.69, 9.17) is 5.11 Å². The third-order valence-corrected chi connectivity index (χ3v) is 5.67. The largest absolute Gasteiger partial charge is 0.481 e. The average Bonchev–Trinajstić information content (AvgIpc) is 2.92. The van der Waals surface area contributed by atoms with Gasteiger partial charge in [0.1, 0.15) is 0 Å². The third kappa shape index (κ3) is 4.15. The molecule has 20 heavy (non-hydrogen) atoms. The van der Waals surface area contributed by atoms with E-state index in [2.05, 4.69) is 9.62 Å². The highest BCUT2D eigenvalue weighted by molar-refractivity contribution is 7.87. The zero-order chi connectivity index (χ0) is 14.6. The number of nitrogens with one attached hydrogen (secondary N) is 1. The second-order valence-corrected chi connectivity index (χ2v) is 7.21. The number of rotatable bonds is 6. The highest BCUT2D eigenvalue weighted by atomic mass is 32.2. The summed E-state index contributed by atoms with van der Waals surface area (Å²) in [5, 5.41) is 8.90. The number of carboxylic acids is 1. The minimum atomic E-state index is -3.46. The second-order valence-electron chi connectivity index (χ2n) is 5.46. The Bertz CT molecular complexity index is 426. The maximum absolute atomic E-state index is 12.1. The van der Waals surface area contributed by atoms with Gasteiger partial charge < -0.3 is 10.0 Å². The van der Waals surface area contributed by atoms with Gasteiger partial charge in [-0.25, -0.2) is 4.72 Å². The van der Waals surface area contributed by atoms with Crippen molar-refractivity contribution in [3.8, 4) is 0 Å². The van der Waals surface area contributed by atoms with Gasteiger partial charge in [-0.1, -0.05) is 0 Å². The van der Waals surface area contributed by atoms with Crippen LogP contribution in [0.2, 0.25) is 0 Å². The summed E-state index contributed by atoms with van der Waals surface area (Å²) in [5.74, 6) is -1.24. The minimum absolute atomic E-state index is 0.288. The molecule has 8 heteroatoms. The number of hydrogen-bond donors (Lipinski definition) is 2. The Morgan fingerprint density at radius 1 is 1.15 bits per heavy atom. The highest BCUT2D eigenvalue weighted by Gasteiger charge is 2.30. The van der Waals surface area contributed by atoms with E-state index in [0.717, 1.165) is 19.6 Å². The Kier molecular flexibility index (Phi) is 5.36. The number of likely N-dealkylation sites (tertiary alicyclic amines) is 1. The summed E-state index contributed by atoms with van der Waals surface area (Å²) in [6.45, 7) is 3.83. The summed E-state index contributed by atoms with van der Waals surface area (Å²) in [6, 6.07) is 0. The van der Waals surface area contributed by atoms with Gasteiger partial charge in [0.15, 0.2) is 0 Å². The normalized spacial score (nSPS) is 23.2. The molecule has 2 saturated heterocycles. The van der Waals surface area contributed by atoms with Crippen molar-refractivity contribution in [2.45, 2.75) is 25.7 Å². The van der Waals surface area contributed by atoms with Gasteiger partial charge in [-0.05, 0) is 38.8 Å². The summed E-state index contributed by atoms with van der Waals surface area (Å²) in [6.07, 6.45) is 3.16. The van der Waals surface area contributed by atoms with Gasteiger partial charge in [0.05, 0.1) is 5.92 Å². The first-order chi connectivity index (χ1) is 9.49. The number of piperidine rings is 1. The predicted molar refractivity (Wildman–Crippen MR) is 74.5 cm³/mol. The van der Waals surface area contributed by atoms with Crippen molar-refractivity contribution >= 4 is 16.2 Å². The van der Waals surface area contributed by atoms with Crippen LogP contribution in [-0.4, -0.2) is 68.0 Å². The Hall–Kier alpha value is -0.700. The van der Waals surface area contributed by atoms with Gasteiger partial charge in [-0.3, -0.25) is 4.79 Å². The fourth-order valence-electron chi connectivity index (χ4n) is 2.77. The van der Waals surface area contributed by atoms with E-state index in [1.54, 1.807) is 0 Å². The van der Waals surface area contributed by atoms with Crippen molar-refractivity contribution in [2.75, 3.05) is 39.3 Å². The molecule has 0 aromatic rings. The molecule has 0 atom stereocenters. The van der Waals surface area contributed by atoms with Crippen molar-refractivity contribution in [3.63, 3.8) is 0 Å². The molecule has 7 nitrogen and oxygen atoms in total. The minimum Gasteiger partial charge on any atom is -0.481 e. The molecule has 0 aliphatic carbocycles. The van der Waals surface area contributed by atoms with Crippen molar-refractivity contribution in [1.29, 1.82) is 0 Å². The number of aliphatic carboxylic acids is 1. The van der Waals surface area contributed by atoms with Crippen LogP contribution in [0.25, 0.3) is 0 Å². The zero-order valence-corrected chi connectivity index (χ0v) is 12.4. The molecule has 2 aliphatic heterocycles. The topological polar surface area (TPSA) is 90.0 Å². The van der Waals surface area contributed by atoms with Crippen LogP contribution in [0.3, 0.4) is 0 Å². The van der Waals surface area contributed by atoms with Crippen LogP contribution in [0.5, 0.6) is 0 Å². The number of nitrogens with zero attached hydrogens (tertiary/aromatic N) is 2. The summed E-state index contributed by atoms with van der Waals surface area (Å²) < 4.78 is 28.1. The fraction of sp³-hybridized carbons (Fsp3) is 0.917. The van der Waals surface area contributed by atoms with Crippen molar-refractivity contribution in [3.05, 3.63) is 0 Å². The molecule has 2 fully saturated rings. The zero-order valence-electron chi connectivity index (χ0n) is 11.6. The molecular weight excluding hydrogens is 282 g/mol. The van der Waals surface area contributed by atoms with Crippen LogP contribution in [0, 0.1) is 5.92 Å². The van der Waals surface area contributed by atoms with E-state index in [1.807, 2.05) is 0 Å². The molecule has 0 aromatic heterocycles. The van der Waals surface area contributed by atoms with E-state index in [0.29, 0.717) is 19.4 Å². The van der Waals surface area contributed by atoms with Gasteiger partial charge in [-0.2, -0.15) is 12.7 Å². The van der Waals surface area contributed by atoms with Gasteiger partial charge in [0, 0.05) is 26.2 Å². The van der Waals surface area contributed by atoms with E-state index in [1.165, 1.54) is 17.1 Å². The lowest BCUT2D eigenvalue weighted by Crippen LogP contribution is -2.47. The molecule has 2 aliphatic rings. The van der Waals surface area contributed by atoms with Crippen LogP contribution >= 0.6 is 0 Å². The van der Waals surface area contributed by atoms with E-state index in [9.17, 15) is 13.2 Å². The molecule has 116 valence electrons. The second kappa shape index (κ2) is 6.84. The predicted octanol–water partition coefficient (Wildman–Crippen LogP) is -0.287. The lowest BCUT2D eigenvalue weighted by molar-refractivity contribution is -0.142. The molecule has 2 rings (SSSR count). The van der Waals surface area contributed by atoms with Crippen LogP contribution in [0.1, 0.15) is 25.7 Å². The highest BCUT2D eigenvalue weighted by Crippen LogP contribution is 2.19. The Balaban J connectivity index is 1.74. The molecular formula is C12H23N3O4S. The molecule has 0 bridgehead atoms. The lowest BCUT2D eigenvalue weighted by Gasteiger charge is -2.29. The molecule has 0 amide bonds. The maximum Gasteiger partial charge on any atom is 0.306 e. The smallest absolute Gasteiger partial charge is 0.306 e. The Labute approximate surface area is 120 Å². The third-order valence-electron chi connectivity index (χ3n) is 4.05. The lowest BCUT2D eigenvalue weighted by atomic mass is 9.99. The maximum atomic E-state index is 12.1.